The summed E-state index contributed by atoms with van der Waals surface area (Å²) < 4.78 is 0. The third-order valence-corrected chi connectivity index (χ3v) is 2.73. The molecule has 1 aliphatic carbocycles. The molecule has 1 aliphatic rings. The molecule has 0 aliphatic heterocycles. The number of aliphatic hydroxyl groups is 1. The van der Waals surface area contributed by atoms with Gasteiger partial charge in [0.25, 0.3) is 0 Å². The first-order valence-corrected chi connectivity index (χ1v) is 4.84. The van der Waals surface area contributed by atoms with Gasteiger partial charge in [-0.1, -0.05) is 18.2 Å². The second-order valence-electron chi connectivity index (χ2n) is 3.78. The zero-order valence-electron chi connectivity index (χ0n) is 8.51. The van der Waals surface area contributed by atoms with E-state index in [1.165, 1.54) is 24.5 Å². The SMILES string of the molecule is C=C/C(O)=C(\C)C1C=C(C)CCC1. The van der Waals surface area contributed by atoms with Crippen LogP contribution in [0, 0.1) is 5.92 Å². The van der Waals surface area contributed by atoms with Crippen molar-refractivity contribution in [2.75, 3.05) is 0 Å². The Kier molecular flexibility index (Phi) is 3.35. The lowest BCUT2D eigenvalue weighted by molar-refractivity contribution is 0.413. The first kappa shape index (κ1) is 10.1. The fourth-order valence-corrected chi connectivity index (χ4v) is 1.80. The summed E-state index contributed by atoms with van der Waals surface area (Å²) in [5.41, 5.74) is 2.49. The first-order chi connectivity index (χ1) is 6.15. The summed E-state index contributed by atoms with van der Waals surface area (Å²) >= 11 is 0. The minimum atomic E-state index is 0.343. The van der Waals surface area contributed by atoms with Crippen molar-refractivity contribution in [2.45, 2.75) is 33.1 Å². The Bertz CT molecular complexity index is 258. The van der Waals surface area contributed by atoms with Gasteiger partial charge in [-0.25, -0.2) is 0 Å². The van der Waals surface area contributed by atoms with E-state index in [0.717, 1.165) is 12.0 Å². The Hall–Kier alpha value is -0.980. The molecule has 1 heteroatoms. The molecule has 0 radical (unpaired) electrons. The van der Waals surface area contributed by atoms with E-state index < -0.39 is 0 Å². The maximum Gasteiger partial charge on any atom is 0.114 e. The lowest BCUT2D eigenvalue weighted by Crippen LogP contribution is -2.06. The second kappa shape index (κ2) is 4.31. The fraction of sp³-hybridized carbons (Fsp3) is 0.500. The molecule has 0 aromatic rings. The third kappa shape index (κ3) is 2.48. The number of aliphatic hydroxyl groups excluding tert-OH is 1. The summed E-state index contributed by atoms with van der Waals surface area (Å²) in [7, 11) is 0. The van der Waals surface area contributed by atoms with E-state index in [-0.39, 0.29) is 0 Å². The molecule has 0 spiro atoms. The highest BCUT2D eigenvalue weighted by Crippen LogP contribution is 2.29. The van der Waals surface area contributed by atoms with Crippen molar-refractivity contribution in [3.05, 3.63) is 35.6 Å². The quantitative estimate of drug-likeness (QED) is 0.388. The molecule has 1 atom stereocenters. The van der Waals surface area contributed by atoms with Crippen LogP contribution < -0.4 is 0 Å². The topological polar surface area (TPSA) is 20.2 Å². The van der Waals surface area contributed by atoms with Crippen molar-refractivity contribution in [1.29, 1.82) is 0 Å². The molecule has 1 rings (SSSR count). The van der Waals surface area contributed by atoms with Gasteiger partial charge in [-0.2, -0.15) is 0 Å². The molecule has 0 aromatic heterocycles. The van der Waals surface area contributed by atoms with Crippen molar-refractivity contribution in [2.24, 2.45) is 5.92 Å². The van der Waals surface area contributed by atoms with E-state index >= 15 is 0 Å². The molecule has 1 unspecified atom stereocenters. The number of hydrogen-bond donors (Lipinski definition) is 1. The summed E-state index contributed by atoms with van der Waals surface area (Å²) in [5.74, 6) is 0.766. The summed E-state index contributed by atoms with van der Waals surface area (Å²) in [4.78, 5) is 0. The maximum atomic E-state index is 9.50. The Balaban J connectivity index is 2.83. The average Bonchev–Trinajstić information content (AvgIpc) is 2.15. The van der Waals surface area contributed by atoms with Crippen LogP contribution in [0.2, 0.25) is 0 Å². The molecule has 0 aromatic carbocycles. The maximum absolute atomic E-state index is 9.50. The fourth-order valence-electron chi connectivity index (χ4n) is 1.80. The minimum absolute atomic E-state index is 0.343. The molecular formula is C12H18O. The van der Waals surface area contributed by atoms with Gasteiger partial charge in [-0.3, -0.25) is 0 Å². The molecule has 0 saturated heterocycles. The van der Waals surface area contributed by atoms with E-state index in [2.05, 4.69) is 19.6 Å². The van der Waals surface area contributed by atoms with Crippen LogP contribution in [0.3, 0.4) is 0 Å². The predicted molar refractivity (Wildman–Crippen MR) is 56.6 cm³/mol. The van der Waals surface area contributed by atoms with Crippen molar-refractivity contribution in [3.8, 4) is 0 Å². The monoisotopic (exact) mass is 178 g/mol. The van der Waals surface area contributed by atoms with Gasteiger partial charge in [-0.15, -0.1) is 0 Å². The van der Waals surface area contributed by atoms with Gasteiger partial charge in [0.2, 0.25) is 0 Å². The molecule has 1 N–H and O–H groups in total. The van der Waals surface area contributed by atoms with Crippen LogP contribution >= 0.6 is 0 Å². The van der Waals surface area contributed by atoms with Crippen molar-refractivity contribution < 1.29 is 5.11 Å². The molecule has 0 bridgehead atoms. The normalized spacial score (nSPS) is 24.8. The number of allylic oxidation sites excluding steroid dienone is 4. The van der Waals surface area contributed by atoms with Crippen molar-refractivity contribution in [3.63, 3.8) is 0 Å². The number of hydrogen-bond acceptors (Lipinski definition) is 1. The standard InChI is InChI=1S/C12H18O/c1-4-12(13)10(3)11-7-5-6-9(2)8-11/h4,8,11,13H,1,5-7H2,2-3H3/b12-10-. The zero-order valence-corrected chi connectivity index (χ0v) is 8.51. The van der Waals surface area contributed by atoms with E-state index in [1.807, 2.05) is 6.92 Å². The predicted octanol–water partition coefficient (Wildman–Crippen LogP) is 3.75. The highest BCUT2D eigenvalue weighted by atomic mass is 16.3. The first-order valence-electron chi connectivity index (χ1n) is 4.84. The van der Waals surface area contributed by atoms with Crippen LogP contribution in [-0.4, -0.2) is 5.11 Å². The Morgan fingerprint density at radius 1 is 1.69 bits per heavy atom. The van der Waals surface area contributed by atoms with Gasteiger partial charge in [-0.05, 0) is 44.8 Å². The lowest BCUT2D eigenvalue weighted by atomic mass is 9.86. The number of rotatable bonds is 2. The molecular weight excluding hydrogens is 160 g/mol. The highest BCUT2D eigenvalue weighted by Gasteiger charge is 2.14. The summed E-state index contributed by atoms with van der Waals surface area (Å²) in [6.07, 6.45) is 7.38. The van der Waals surface area contributed by atoms with Gasteiger partial charge in [0.15, 0.2) is 0 Å². The summed E-state index contributed by atoms with van der Waals surface area (Å²) in [5, 5.41) is 9.50. The lowest BCUT2D eigenvalue weighted by Gasteiger charge is -2.20. The van der Waals surface area contributed by atoms with Gasteiger partial charge >= 0.3 is 0 Å². The van der Waals surface area contributed by atoms with E-state index in [0.29, 0.717) is 11.7 Å². The third-order valence-electron chi connectivity index (χ3n) is 2.73. The summed E-state index contributed by atoms with van der Waals surface area (Å²) in [6, 6.07) is 0. The van der Waals surface area contributed by atoms with Gasteiger partial charge < -0.3 is 5.11 Å². The molecule has 13 heavy (non-hydrogen) atoms. The molecule has 72 valence electrons. The van der Waals surface area contributed by atoms with Crippen LogP contribution in [0.25, 0.3) is 0 Å². The Labute approximate surface area is 80.5 Å². The molecule has 0 saturated carbocycles. The molecule has 1 nitrogen and oxygen atoms in total. The molecule has 0 fully saturated rings. The van der Waals surface area contributed by atoms with E-state index in [9.17, 15) is 5.11 Å². The van der Waals surface area contributed by atoms with Crippen LogP contribution in [0.15, 0.2) is 35.6 Å². The second-order valence-corrected chi connectivity index (χ2v) is 3.78. The molecule has 0 amide bonds. The van der Waals surface area contributed by atoms with E-state index in [1.54, 1.807) is 0 Å². The molecule has 0 heterocycles. The highest BCUT2D eigenvalue weighted by molar-refractivity contribution is 5.23. The van der Waals surface area contributed by atoms with Crippen LogP contribution in [0.4, 0.5) is 0 Å². The largest absolute Gasteiger partial charge is 0.508 e. The minimum Gasteiger partial charge on any atom is -0.508 e. The van der Waals surface area contributed by atoms with Crippen LogP contribution in [0.5, 0.6) is 0 Å². The van der Waals surface area contributed by atoms with Gasteiger partial charge in [0.1, 0.15) is 5.76 Å². The van der Waals surface area contributed by atoms with Crippen LogP contribution in [-0.2, 0) is 0 Å². The smallest absolute Gasteiger partial charge is 0.114 e. The van der Waals surface area contributed by atoms with Crippen molar-refractivity contribution >= 4 is 0 Å². The van der Waals surface area contributed by atoms with Gasteiger partial charge in [0, 0.05) is 5.92 Å². The van der Waals surface area contributed by atoms with Crippen molar-refractivity contribution in [1.82, 2.24) is 0 Å². The van der Waals surface area contributed by atoms with Crippen LogP contribution in [0.1, 0.15) is 33.1 Å². The Morgan fingerprint density at radius 2 is 2.38 bits per heavy atom. The zero-order chi connectivity index (χ0) is 9.84. The average molecular weight is 178 g/mol. The Morgan fingerprint density at radius 3 is 2.92 bits per heavy atom. The van der Waals surface area contributed by atoms with E-state index in [4.69, 9.17) is 0 Å². The summed E-state index contributed by atoms with van der Waals surface area (Å²) in [6.45, 7) is 7.71. The van der Waals surface area contributed by atoms with Gasteiger partial charge in [0.05, 0.1) is 0 Å².